The Balaban J connectivity index is -0.000000277. The van der Waals surface area contributed by atoms with E-state index in [1.165, 1.54) is 64.5 Å². The molecule has 0 unspecified atom stereocenters. The number of ether oxygens (including phenoxy) is 1. The highest BCUT2D eigenvalue weighted by molar-refractivity contribution is 4.49. The lowest BCUT2D eigenvalue weighted by Crippen LogP contribution is -2.20. The molecule has 0 radical (unpaired) electrons. The predicted octanol–water partition coefficient (Wildman–Crippen LogP) is 5.76. The summed E-state index contributed by atoms with van der Waals surface area (Å²) in [5, 5.41) is 0. The van der Waals surface area contributed by atoms with Crippen LogP contribution < -0.4 is 0 Å². The maximum atomic E-state index is 5.31. The van der Waals surface area contributed by atoms with E-state index in [4.69, 9.17) is 4.74 Å². The third-order valence-electron chi connectivity index (χ3n) is 3.07. The van der Waals surface area contributed by atoms with Crippen LogP contribution in [-0.2, 0) is 4.74 Å². The summed E-state index contributed by atoms with van der Waals surface area (Å²) in [4.78, 5) is 2.42. The van der Waals surface area contributed by atoms with Crippen molar-refractivity contribution in [1.82, 2.24) is 4.90 Å². The summed E-state index contributed by atoms with van der Waals surface area (Å²) in [6.07, 6.45) is 10.2. The fourth-order valence-electron chi connectivity index (χ4n) is 1.56. The van der Waals surface area contributed by atoms with Crippen molar-refractivity contribution < 1.29 is 4.74 Å². The lowest BCUT2D eigenvalue weighted by Gasteiger charge is -2.14. The van der Waals surface area contributed by atoms with E-state index in [1.54, 1.807) is 0 Å². The first-order valence-corrected chi connectivity index (χ1v) is 8.49. The topological polar surface area (TPSA) is 12.5 Å². The Hall–Kier alpha value is -0.0800. The van der Waals surface area contributed by atoms with Gasteiger partial charge in [0.25, 0.3) is 0 Å². The first kappa shape index (κ1) is 24.9. The van der Waals surface area contributed by atoms with Gasteiger partial charge in [0.15, 0.2) is 0 Å². The van der Waals surface area contributed by atoms with E-state index >= 15 is 0 Å². The molecule has 0 heterocycles. The van der Waals surface area contributed by atoms with E-state index in [1.807, 2.05) is 0 Å². The summed E-state index contributed by atoms with van der Waals surface area (Å²) in [7, 11) is 2.21. The van der Waals surface area contributed by atoms with E-state index < -0.39 is 0 Å². The minimum atomic E-state index is 0. The highest BCUT2D eigenvalue weighted by Crippen LogP contribution is 1.94. The number of hydrogen-bond donors (Lipinski definition) is 0. The summed E-state index contributed by atoms with van der Waals surface area (Å²) >= 11 is 0. The van der Waals surface area contributed by atoms with Crippen LogP contribution in [0.3, 0.4) is 0 Å². The third kappa shape index (κ3) is 26.5. The van der Waals surface area contributed by atoms with Crippen molar-refractivity contribution in [1.29, 1.82) is 0 Å². The molecule has 0 rings (SSSR count). The molecule has 0 aromatic heterocycles. The average Bonchev–Trinajstić information content (AvgIpc) is 2.43. The molecule has 0 N–H and O–H groups in total. The zero-order chi connectivity index (χ0) is 14.8. The van der Waals surface area contributed by atoms with Gasteiger partial charge >= 0.3 is 0 Å². The monoisotopic (exact) mass is 289 g/mol. The Bertz CT molecular complexity index is 125. The van der Waals surface area contributed by atoms with Crippen molar-refractivity contribution in [2.24, 2.45) is 0 Å². The molecule has 0 spiro atoms. The smallest absolute Gasteiger partial charge is 0.0465 e. The van der Waals surface area contributed by atoms with E-state index in [0.29, 0.717) is 0 Å². The van der Waals surface area contributed by atoms with Crippen molar-refractivity contribution >= 4 is 0 Å². The number of rotatable bonds is 12. The van der Waals surface area contributed by atoms with Crippen LogP contribution >= 0.6 is 0 Å². The summed E-state index contributed by atoms with van der Waals surface area (Å²) < 4.78 is 5.31. The van der Waals surface area contributed by atoms with Gasteiger partial charge in [-0.25, -0.2) is 0 Å². The minimum Gasteiger partial charge on any atom is -0.381 e. The predicted molar refractivity (Wildman–Crippen MR) is 94.7 cm³/mol. The first-order valence-electron chi connectivity index (χ1n) is 8.49. The molecule has 0 amide bonds. The molecule has 2 nitrogen and oxygen atoms in total. The van der Waals surface area contributed by atoms with Gasteiger partial charge in [-0.2, -0.15) is 0 Å². The quantitative estimate of drug-likeness (QED) is 0.424. The summed E-state index contributed by atoms with van der Waals surface area (Å²) in [6, 6.07) is 0. The van der Waals surface area contributed by atoms with Gasteiger partial charge in [-0.3, -0.25) is 0 Å². The molecule has 0 aliphatic rings. The van der Waals surface area contributed by atoms with Crippen LogP contribution in [0, 0.1) is 0 Å². The van der Waals surface area contributed by atoms with Crippen LogP contribution in [0.25, 0.3) is 0 Å². The minimum absolute atomic E-state index is 0. The normalized spacial score (nSPS) is 9.90. The molecule has 2 heteroatoms. The third-order valence-corrected chi connectivity index (χ3v) is 3.07. The second-order valence-corrected chi connectivity index (χ2v) is 5.33. The molecular weight excluding hydrogens is 246 g/mol. The van der Waals surface area contributed by atoms with Crippen LogP contribution in [0.4, 0.5) is 0 Å². The van der Waals surface area contributed by atoms with Crippen LogP contribution in [0.15, 0.2) is 0 Å². The lowest BCUT2D eigenvalue weighted by atomic mass is 10.3. The van der Waals surface area contributed by atoms with E-state index in [2.05, 4.69) is 39.6 Å². The van der Waals surface area contributed by atoms with Crippen molar-refractivity contribution in [3.8, 4) is 0 Å². The molecule has 0 bridgehead atoms. The van der Waals surface area contributed by atoms with Crippen LogP contribution in [0.1, 0.15) is 86.5 Å². The molecule has 126 valence electrons. The second-order valence-electron chi connectivity index (χ2n) is 5.33. The average molecular weight is 290 g/mol. The van der Waals surface area contributed by atoms with Gasteiger partial charge in [-0.05, 0) is 45.8 Å². The SMILES string of the molecule is C.CCCCN(C)CCCC.CCCCOCCCC. The Morgan fingerprint density at radius 1 is 0.650 bits per heavy atom. The van der Waals surface area contributed by atoms with Crippen molar-refractivity contribution in [3.63, 3.8) is 0 Å². The largest absolute Gasteiger partial charge is 0.381 e. The Morgan fingerprint density at radius 3 is 1.30 bits per heavy atom. The molecule has 0 aliphatic heterocycles. The van der Waals surface area contributed by atoms with Crippen LogP contribution in [0.2, 0.25) is 0 Å². The molecule has 0 aliphatic carbocycles. The molecular formula is C18H43NO. The van der Waals surface area contributed by atoms with E-state index in [-0.39, 0.29) is 7.43 Å². The fourth-order valence-corrected chi connectivity index (χ4v) is 1.56. The maximum Gasteiger partial charge on any atom is 0.0465 e. The molecule has 0 saturated heterocycles. The van der Waals surface area contributed by atoms with Gasteiger partial charge in [0, 0.05) is 13.2 Å². The van der Waals surface area contributed by atoms with E-state index in [9.17, 15) is 0 Å². The van der Waals surface area contributed by atoms with E-state index in [0.717, 1.165) is 13.2 Å². The van der Waals surface area contributed by atoms with Gasteiger partial charge in [0.05, 0.1) is 0 Å². The number of unbranched alkanes of at least 4 members (excludes halogenated alkanes) is 4. The van der Waals surface area contributed by atoms with Gasteiger partial charge in [0.2, 0.25) is 0 Å². The van der Waals surface area contributed by atoms with Gasteiger partial charge in [-0.1, -0.05) is 60.8 Å². The molecule has 0 aromatic carbocycles. The highest BCUT2D eigenvalue weighted by atomic mass is 16.5. The van der Waals surface area contributed by atoms with Crippen LogP contribution in [0.5, 0.6) is 0 Å². The fraction of sp³-hybridized carbons (Fsp3) is 1.00. The lowest BCUT2D eigenvalue weighted by molar-refractivity contribution is 0.128. The second kappa shape index (κ2) is 24.0. The summed E-state index contributed by atoms with van der Waals surface area (Å²) in [5.74, 6) is 0. The van der Waals surface area contributed by atoms with Gasteiger partial charge in [0.1, 0.15) is 0 Å². The van der Waals surface area contributed by atoms with Crippen LogP contribution in [-0.4, -0.2) is 38.3 Å². The van der Waals surface area contributed by atoms with Gasteiger partial charge < -0.3 is 9.64 Å². The summed E-state index contributed by atoms with van der Waals surface area (Å²) in [6.45, 7) is 13.3. The highest BCUT2D eigenvalue weighted by Gasteiger charge is 1.94. The number of hydrogen-bond acceptors (Lipinski definition) is 2. The van der Waals surface area contributed by atoms with Gasteiger partial charge in [-0.15, -0.1) is 0 Å². The van der Waals surface area contributed by atoms with Crippen molar-refractivity contribution in [3.05, 3.63) is 0 Å². The first-order chi connectivity index (χ1) is 9.22. The van der Waals surface area contributed by atoms with Crippen molar-refractivity contribution in [2.75, 3.05) is 33.4 Å². The maximum absolute atomic E-state index is 5.31. The Kier molecular flexibility index (Phi) is 29.9. The molecule has 0 saturated carbocycles. The zero-order valence-electron chi connectivity index (χ0n) is 14.3. The molecule has 0 atom stereocenters. The standard InChI is InChI=1S/C9H21N.C8H18O.CH4/c1-4-6-8-10(3)9-7-5-2;1-3-5-7-9-8-6-4-2;/h4-9H2,1-3H3;3-8H2,1-2H3;1H4. The number of nitrogens with zero attached hydrogens (tertiary/aromatic N) is 1. The molecule has 0 fully saturated rings. The molecule has 20 heavy (non-hydrogen) atoms. The Morgan fingerprint density at radius 2 is 1.00 bits per heavy atom. The zero-order valence-corrected chi connectivity index (χ0v) is 14.3. The summed E-state index contributed by atoms with van der Waals surface area (Å²) in [5.41, 5.74) is 0. The Labute approximate surface area is 130 Å². The van der Waals surface area contributed by atoms with Crippen molar-refractivity contribution in [2.45, 2.75) is 86.5 Å². The molecule has 0 aromatic rings.